The Kier molecular flexibility index (Phi) is 4.34. The fourth-order valence-electron chi connectivity index (χ4n) is 1.81. The predicted octanol–water partition coefficient (Wildman–Crippen LogP) is 2.35. The number of benzene rings is 1. The average Bonchev–Trinajstić information content (AvgIpc) is 2.80. The van der Waals surface area contributed by atoms with Crippen LogP contribution in [-0.2, 0) is 18.3 Å². The van der Waals surface area contributed by atoms with E-state index in [2.05, 4.69) is 10.4 Å². The summed E-state index contributed by atoms with van der Waals surface area (Å²) in [7, 11) is 1.75. The van der Waals surface area contributed by atoms with Gasteiger partial charge in [0.1, 0.15) is 11.4 Å². The van der Waals surface area contributed by atoms with E-state index in [4.69, 9.17) is 4.74 Å². The number of nitrogens with one attached hydrogen (secondary N) is 1. The van der Waals surface area contributed by atoms with Crippen LogP contribution in [0.5, 0.6) is 0 Å². The van der Waals surface area contributed by atoms with Crippen LogP contribution in [0.3, 0.4) is 0 Å². The fraction of sp³-hybridized carbons (Fsp3) is 0.286. The van der Waals surface area contributed by atoms with Gasteiger partial charge in [-0.15, -0.1) is 0 Å². The molecule has 0 unspecified atom stereocenters. The molecule has 1 aromatic heterocycles. The Balaban J connectivity index is 2.11. The Hall–Kier alpha value is -2.37. The second kappa shape index (κ2) is 6.18. The summed E-state index contributed by atoms with van der Waals surface area (Å²) in [4.78, 5) is 11.8. The first-order valence-electron chi connectivity index (χ1n) is 6.29. The minimum absolute atomic E-state index is 0.289. The summed E-state index contributed by atoms with van der Waals surface area (Å²) >= 11 is 0. The molecule has 20 heavy (non-hydrogen) atoms. The summed E-state index contributed by atoms with van der Waals surface area (Å²) in [6, 6.07) is 6.02. The minimum Gasteiger partial charge on any atom is -0.462 e. The molecule has 1 N–H and O–H groups in total. The van der Waals surface area contributed by atoms with E-state index >= 15 is 0 Å². The largest absolute Gasteiger partial charge is 0.462 e. The highest BCUT2D eigenvalue weighted by molar-refractivity contribution is 5.90. The van der Waals surface area contributed by atoms with Crippen molar-refractivity contribution in [1.29, 1.82) is 0 Å². The molecule has 0 atom stereocenters. The van der Waals surface area contributed by atoms with Crippen LogP contribution in [0.1, 0.15) is 23.0 Å². The maximum absolute atomic E-state index is 12.8. The quantitative estimate of drug-likeness (QED) is 0.852. The molecule has 0 aliphatic heterocycles. The third-order valence-corrected chi connectivity index (χ3v) is 2.86. The number of halogens is 1. The third-order valence-electron chi connectivity index (χ3n) is 2.86. The Labute approximate surface area is 116 Å². The van der Waals surface area contributed by atoms with Crippen LogP contribution in [0.25, 0.3) is 0 Å². The molecular formula is C14H16FN3O2. The van der Waals surface area contributed by atoms with Gasteiger partial charge in [0.2, 0.25) is 0 Å². The monoisotopic (exact) mass is 277 g/mol. The normalized spacial score (nSPS) is 10.3. The maximum Gasteiger partial charge on any atom is 0.341 e. The lowest BCUT2D eigenvalue weighted by Gasteiger charge is -2.09. The van der Waals surface area contributed by atoms with E-state index in [9.17, 15) is 9.18 Å². The van der Waals surface area contributed by atoms with Gasteiger partial charge in [0.15, 0.2) is 0 Å². The molecule has 2 aromatic rings. The molecule has 0 fully saturated rings. The number of rotatable bonds is 5. The standard InChI is InChI=1S/C14H16FN3O2/c1-3-20-14(19)12-8-17-18(2)13(12)9-16-11-6-4-10(15)5-7-11/h4-8,16H,3,9H2,1-2H3. The molecular weight excluding hydrogens is 261 g/mol. The molecule has 6 heteroatoms. The van der Waals surface area contributed by atoms with Gasteiger partial charge in [0.25, 0.3) is 0 Å². The summed E-state index contributed by atoms with van der Waals surface area (Å²) < 4.78 is 19.4. The predicted molar refractivity (Wildman–Crippen MR) is 72.9 cm³/mol. The summed E-state index contributed by atoms with van der Waals surface area (Å²) in [6.07, 6.45) is 1.49. The molecule has 106 valence electrons. The number of carbonyl (C=O) groups is 1. The van der Waals surface area contributed by atoms with Gasteiger partial charge in [-0.05, 0) is 31.2 Å². The number of aromatic nitrogens is 2. The third kappa shape index (κ3) is 3.14. The minimum atomic E-state index is -0.392. The lowest BCUT2D eigenvalue weighted by Crippen LogP contribution is -2.12. The second-order valence-electron chi connectivity index (χ2n) is 4.21. The van der Waals surface area contributed by atoms with Crippen molar-refractivity contribution < 1.29 is 13.9 Å². The van der Waals surface area contributed by atoms with Gasteiger partial charge in [-0.3, -0.25) is 4.68 Å². The van der Waals surface area contributed by atoms with Gasteiger partial charge < -0.3 is 10.1 Å². The van der Waals surface area contributed by atoms with E-state index < -0.39 is 5.97 Å². The van der Waals surface area contributed by atoms with E-state index in [1.807, 2.05) is 0 Å². The number of hydrogen-bond donors (Lipinski definition) is 1. The van der Waals surface area contributed by atoms with Crippen molar-refractivity contribution in [2.24, 2.45) is 7.05 Å². The van der Waals surface area contributed by atoms with Crippen molar-refractivity contribution in [3.8, 4) is 0 Å². The van der Waals surface area contributed by atoms with Gasteiger partial charge in [-0.1, -0.05) is 0 Å². The zero-order valence-corrected chi connectivity index (χ0v) is 11.4. The van der Waals surface area contributed by atoms with Crippen LogP contribution in [0.4, 0.5) is 10.1 Å². The smallest absolute Gasteiger partial charge is 0.341 e. The van der Waals surface area contributed by atoms with Crippen molar-refractivity contribution in [3.05, 3.63) is 47.5 Å². The van der Waals surface area contributed by atoms with Gasteiger partial charge in [-0.25, -0.2) is 9.18 Å². The van der Waals surface area contributed by atoms with Gasteiger partial charge >= 0.3 is 5.97 Å². The van der Waals surface area contributed by atoms with Gasteiger partial charge in [-0.2, -0.15) is 5.10 Å². The van der Waals surface area contributed by atoms with Crippen LogP contribution in [0, 0.1) is 5.82 Å². The summed E-state index contributed by atoms with van der Waals surface area (Å²) in [5.41, 5.74) is 1.92. The Bertz CT molecular complexity index is 593. The molecule has 0 bridgehead atoms. The molecule has 0 saturated heterocycles. The van der Waals surface area contributed by atoms with Crippen LogP contribution in [-0.4, -0.2) is 22.4 Å². The van der Waals surface area contributed by atoms with Crippen molar-refractivity contribution in [1.82, 2.24) is 9.78 Å². The Morgan fingerprint density at radius 1 is 1.40 bits per heavy atom. The second-order valence-corrected chi connectivity index (χ2v) is 4.21. The number of nitrogens with zero attached hydrogens (tertiary/aromatic N) is 2. The molecule has 1 heterocycles. The SMILES string of the molecule is CCOC(=O)c1cnn(C)c1CNc1ccc(F)cc1. The molecule has 5 nitrogen and oxygen atoms in total. The Morgan fingerprint density at radius 2 is 2.10 bits per heavy atom. The van der Waals surface area contributed by atoms with E-state index in [0.717, 1.165) is 5.69 Å². The van der Waals surface area contributed by atoms with Crippen LogP contribution < -0.4 is 5.32 Å². The van der Waals surface area contributed by atoms with E-state index in [1.165, 1.54) is 18.3 Å². The topological polar surface area (TPSA) is 56.1 Å². The number of anilines is 1. The molecule has 0 amide bonds. The molecule has 1 aromatic carbocycles. The van der Waals surface area contributed by atoms with Crippen molar-refractivity contribution in [2.45, 2.75) is 13.5 Å². The lowest BCUT2D eigenvalue weighted by molar-refractivity contribution is 0.0525. The van der Waals surface area contributed by atoms with Crippen LogP contribution in [0.15, 0.2) is 30.5 Å². The van der Waals surface area contributed by atoms with E-state index in [1.54, 1.807) is 30.8 Å². The number of aryl methyl sites for hydroxylation is 1. The summed E-state index contributed by atoms with van der Waals surface area (Å²) in [5, 5.41) is 7.18. The van der Waals surface area contributed by atoms with Crippen molar-refractivity contribution >= 4 is 11.7 Å². The highest BCUT2D eigenvalue weighted by atomic mass is 19.1. The summed E-state index contributed by atoms with van der Waals surface area (Å²) in [6.45, 7) is 2.47. The molecule has 2 rings (SSSR count). The average molecular weight is 277 g/mol. The van der Waals surface area contributed by atoms with E-state index in [0.29, 0.717) is 24.4 Å². The zero-order valence-electron chi connectivity index (χ0n) is 11.4. The fourth-order valence-corrected chi connectivity index (χ4v) is 1.81. The summed E-state index contributed by atoms with van der Waals surface area (Å²) in [5.74, 6) is -0.681. The first-order valence-corrected chi connectivity index (χ1v) is 6.29. The Morgan fingerprint density at radius 3 is 2.75 bits per heavy atom. The number of ether oxygens (including phenoxy) is 1. The molecule has 0 aliphatic rings. The van der Waals surface area contributed by atoms with Gasteiger partial charge in [0, 0.05) is 12.7 Å². The molecule has 0 radical (unpaired) electrons. The van der Waals surface area contributed by atoms with Crippen molar-refractivity contribution in [2.75, 3.05) is 11.9 Å². The number of hydrogen-bond acceptors (Lipinski definition) is 4. The lowest BCUT2D eigenvalue weighted by atomic mass is 10.2. The number of carbonyl (C=O) groups excluding carboxylic acids is 1. The molecule has 0 spiro atoms. The highest BCUT2D eigenvalue weighted by Gasteiger charge is 2.16. The zero-order chi connectivity index (χ0) is 14.5. The molecule has 0 aliphatic carbocycles. The maximum atomic E-state index is 12.8. The van der Waals surface area contributed by atoms with Crippen molar-refractivity contribution in [3.63, 3.8) is 0 Å². The number of esters is 1. The van der Waals surface area contributed by atoms with E-state index in [-0.39, 0.29) is 5.82 Å². The van der Waals surface area contributed by atoms with Crippen LogP contribution in [0.2, 0.25) is 0 Å². The molecule has 0 saturated carbocycles. The first kappa shape index (κ1) is 14.0. The van der Waals surface area contributed by atoms with Gasteiger partial charge in [0.05, 0.1) is 25.0 Å². The van der Waals surface area contributed by atoms with Crippen LogP contribution >= 0.6 is 0 Å². The first-order chi connectivity index (χ1) is 9.61. The highest BCUT2D eigenvalue weighted by Crippen LogP contribution is 2.14.